The summed E-state index contributed by atoms with van der Waals surface area (Å²) in [5, 5.41) is 10.1. The Hall–Kier alpha value is -0.410. The Kier molecular flexibility index (Phi) is 2.29. The lowest BCUT2D eigenvalue weighted by molar-refractivity contribution is -0.115. The summed E-state index contributed by atoms with van der Waals surface area (Å²) in [5.74, 6) is 0. The molecule has 2 unspecified atom stereocenters. The average molecular weight is 185 g/mol. The first-order chi connectivity index (χ1) is 5.83. The van der Waals surface area contributed by atoms with Gasteiger partial charge in [-0.1, -0.05) is 13.8 Å². The summed E-state index contributed by atoms with van der Waals surface area (Å²) in [6, 6.07) is 0. The summed E-state index contributed by atoms with van der Waals surface area (Å²) < 4.78 is 0. The van der Waals surface area contributed by atoms with Gasteiger partial charge in [-0.15, -0.1) is 0 Å². The third kappa shape index (κ3) is 1.30. The van der Waals surface area contributed by atoms with E-state index in [-0.39, 0.29) is 17.3 Å². The highest BCUT2D eigenvalue weighted by molar-refractivity contribution is 5.52. The van der Waals surface area contributed by atoms with E-state index in [0.29, 0.717) is 6.54 Å². The first-order valence-electron chi connectivity index (χ1n) is 4.69. The molecule has 0 saturated heterocycles. The van der Waals surface area contributed by atoms with E-state index in [2.05, 4.69) is 13.8 Å². The van der Waals surface area contributed by atoms with Crippen molar-refractivity contribution >= 4 is 6.29 Å². The number of rotatable bonds is 4. The molecule has 1 aliphatic carbocycles. The van der Waals surface area contributed by atoms with Crippen LogP contribution in [-0.4, -0.2) is 23.5 Å². The summed E-state index contributed by atoms with van der Waals surface area (Å²) in [6.07, 6.45) is 1.84. The second-order valence-corrected chi connectivity index (χ2v) is 4.99. The second kappa shape index (κ2) is 2.79. The number of aldehydes is 1. The van der Waals surface area contributed by atoms with Crippen molar-refractivity contribution in [3.8, 4) is 0 Å². The van der Waals surface area contributed by atoms with Crippen molar-refractivity contribution in [2.45, 2.75) is 39.2 Å². The van der Waals surface area contributed by atoms with Gasteiger partial charge in [0.15, 0.2) is 0 Å². The van der Waals surface area contributed by atoms with Gasteiger partial charge >= 0.3 is 0 Å². The molecule has 1 rings (SSSR count). The number of hydrogen-bond donors (Lipinski definition) is 2. The molecular weight excluding hydrogens is 166 g/mol. The zero-order valence-electron chi connectivity index (χ0n) is 8.63. The molecule has 0 radical (unpaired) electrons. The van der Waals surface area contributed by atoms with Crippen LogP contribution in [0.3, 0.4) is 0 Å². The Morgan fingerprint density at radius 1 is 1.62 bits per heavy atom. The molecule has 0 bridgehead atoms. The molecule has 1 saturated carbocycles. The van der Waals surface area contributed by atoms with Crippen LogP contribution in [0.4, 0.5) is 0 Å². The minimum absolute atomic E-state index is 0.0638. The molecule has 0 aromatic heterocycles. The van der Waals surface area contributed by atoms with Crippen molar-refractivity contribution in [3.63, 3.8) is 0 Å². The summed E-state index contributed by atoms with van der Waals surface area (Å²) in [5.41, 5.74) is 4.53. The fourth-order valence-electron chi connectivity index (χ4n) is 2.56. The van der Waals surface area contributed by atoms with Crippen molar-refractivity contribution in [2.24, 2.45) is 16.6 Å². The highest BCUT2D eigenvalue weighted by atomic mass is 16.3. The summed E-state index contributed by atoms with van der Waals surface area (Å²) in [6.45, 7) is 6.32. The van der Waals surface area contributed by atoms with Crippen LogP contribution >= 0.6 is 0 Å². The molecule has 0 spiro atoms. The van der Waals surface area contributed by atoms with E-state index in [1.807, 2.05) is 0 Å². The minimum atomic E-state index is -0.951. The van der Waals surface area contributed by atoms with E-state index in [1.165, 1.54) is 0 Å². The lowest BCUT2D eigenvalue weighted by Gasteiger charge is -2.34. The largest absolute Gasteiger partial charge is 0.389 e. The van der Waals surface area contributed by atoms with Gasteiger partial charge in [-0.25, -0.2) is 0 Å². The predicted molar refractivity (Wildman–Crippen MR) is 51.2 cm³/mol. The predicted octanol–water partition coefficient (Wildman–Crippen LogP) is 0.701. The number of hydrogen-bond acceptors (Lipinski definition) is 3. The van der Waals surface area contributed by atoms with Gasteiger partial charge in [0.05, 0.1) is 5.60 Å². The van der Waals surface area contributed by atoms with E-state index >= 15 is 0 Å². The average Bonchev–Trinajstić information content (AvgIpc) is 2.55. The second-order valence-electron chi connectivity index (χ2n) is 4.99. The smallest absolute Gasteiger partial charge is 0.122 e. The number of nitrogens with two attached hydrogens (primary N) is 1. The first kappa shape index (κ1) is 10.7. The Bertz CT molecular complexity index is 223. The van der Waals surface area contributed by atoms with Crippen molar-refractivity contribution in [2.75, 3.05) is 6.54 Å². The van der Waals surface area contributed by atoms with Gasteiger partial charge in [-0.2, -0.15) is 0 Å². The number of carbonyl (C=O) groups excluding carboxylic acids is 1. The number of aliphatic hydroxyl groups is 1. The van der Waals surface area contributed by atoms with E-state index in [4.69, 9.17) is 5.73 Å². The van der Waals surface area contributed by atoms with Crippen LogP contribution in [0.5, 0.6) is 0 Å². The standard InChI is InChI=1S/C10H19NO2/c1-8(2)6-10(8,7-11)9(3,13)4-5-12/h5,13H,4,6-7,11H2,1-3H3. The van der Waals surface area contributed by atoms with Crippen LogP contribution in [-0.2, 0) is 4.79 Å². The maximum absolute atomic E-state index is 10.4. The van der Waals surface area contributed by atoms with E-state index in [1.54, 1.807) is 6.92 Å². The lowest BCUT2D eigenvalue weighted by Crippen LogP contribution is -2.44. The SMILES string of the molecule is CC1(C)CC1(CN)C(C)(O)CC=O. The van der Waals surface area contributed by atoms with Crippen molar-refractivity contribution in [3.05, 3.63) is 0 Å². The molecular formula is C10H19NO2. The molecule has 1 aliphatic rings. The quantitative estimate of drug-likeness (QED) is 0.634. The zero-order valence-corrected chi connectivity index (χ0v) is 8.63. The molecule has 0 heterocycles. The van der Waals surface area contributed by atoms with Crippen LogP contribution < -0.4 is 5.73 Å². The van der Waals surface area contributed by atoms with Gasteiger partial charge < -0.3 is 15.6 Å². The molecule has 0 aromatic rings. The maximum Gasteiger partial charge on any atom is 0.122 e. The highest BCUT2D eigenvalue weighted by Crippen LogP contribution is 2.68. The molecule has 13 heavy (non-hydrogen) atoms. The summed E-state index contributed by atoms with van der Waals surface area (Å²) >= 11 is 0. The van der Waals surface area contributed by atoms with Gasteiger partial charge in [0, 0.05) is 18.4 Å². The third-order valence-corrected chi connectivity index (χ3v) is 3.77. The molecule has 0 aliphatic heterocycles. The van der Waals surface area contributed by atoms with E-state index in [0.717, 1.165) is 12.7 Å². The van der Waals surface area contributed by atoms with Crippen molar-refractivity contribution in [1.82, 2.24) is 0 Å². The Balaban J connectivity index is 2.86. The highest BCUT2D eigenvalue weighted by Gasteiger charge is 2.68. The fraction of sp³-hybridized carbons (Fsp3) is 0.900. The van der Waals surface area contributed by atoms with E-state index < -0.39 is 5.60 Å². The van der Waals surface area contributed by atoms with Crippen molar-refractivity contribution < 1.29 is 9.90 Å². The molecule has 2 atom stereocenters. The van der Waals surface area contributed by atoms with Gasteiger partial charge in [-0.3, -0.25) is 0 Å². The van der Waals surface area contributed by atoms with Crippen LogP contribution in [0.2, 0.25) is 0 Å². The van der Waals surface area contributed by atoms with Gasteiger partial charge in [-0.05, 0) is 18.8 Å². The van der Waals surface area contributed by atoms with Crippen LogP contribution in [0, 0.1) is 10.8 Å². The molecule has 1 fully saturated rings. The molecule has 3 heteroatoms. The van der Waals surface area contributed by atoms with Gasteiger partial charge in [0.1, 0.15) is 6.29 Å². The topological polar surface area (TPSA) is 63.3 Å². The fourth-order valence-corrected chi connectivity index (χ4v) is 2.56. The molecule has 3 nitrogen and oxygen atoms in total. The zero-order chi connectivity index (χ0) is 10.3. The van der Waals surface area contributed by atoms with Gasteiger partial charge in [0.25, 0.3) is 0 Å². The first-order valence-corrected chi connectivity index (χ1v) is 4.69. The minimum Gasteiger partial charge on any atom is -0.389 e. The summed E-state index contributed by atoms with van der Waals surface area (Å²) in [4.78, 5) is 10.4. The molecule has 0 amide bonds. The third-order valence-electron chi connectivity index (χ3n) is 3.77. The maximum atomic E-state index is 10.4. The van der Waals surface area contributed by atoms with Gasteiger partial charge in [0.2, 0.25) is 0 Å². The molecule has 0 aromatic carbocycles. The molecule has 3 N–H and O–H groups in total. The Morgan fingerprint density at radius 3 is 2.31 bits per heavy atom. The van der Waals surface area contributed by atoms with Crippen molar-refractivity contribution in [1.29, 1.82) is 0 Å². The normalized spacial score (nSPS) is 35.2. The van der Waals surface area contributed by atoms with E-state index in [9.17, 15) is 9.90 Å². The monoisotopic (exact) mass is 185 g/mol. The Labute approximate surface area is 79.3 Å². The molecule has 76 valence electrons. The Morgan fingerprint density at radius 2 is 2.08 bits per heavy atom. The van der Waals surface area contributed by atoms with Crippen LogP contribution in [0.1, 0.15) is 33.6 Å². The van der Waals surface area contributed by atoms with Crippen LogP contribution in [0.15, 0.2) is 0 Å². The van der Waals surface area contributed by atoms with Crippen LogP contribution in [0.25, 0.3) is 0 Å². The summed E-state index contributed by atoms with van der Waals surface area (Å²) in [7, 11) is 0. The lowest BCUT2D eigenvalue weighted by atomic mass is 9.78. The number of carbonyl (C=O) groups is 1.